The van der Waals surface area contributed by atoms with E-state index < -0.39 is 11.1 Å². The number of pyridine rings is 1. The minimum Gasteiger partial charge on any atom is -0.381 e. The fourth-order valence-corrected chi connectivity index (χ4v) is 4.31. The molecule has 2 fully saturated rings. The van der Waals surface area contributed by atoms with E-state index in [2.05, 4.69) is 15.1 Å². The van der Waals surface area contributed by atoms with Gasteiger partial charge in [0.25, 0.3) is 0 Å². The number of aromatic nitrogens is 5. The number of hydrogen-bond acceptors (Lipinski definition) is 6. The monoisotopic (exact) mass is 397 g/mol. The molecule has 2 aliphatic heterocycles. The highest BCUT2D eigenvalue weighted by atomic mass is 16.5. The van der Waals surface area contributed by atoms with Crippen LogP contribution in [0, 0.1) is 0 Å². The summed E-state index contributed by atoms with van der Waals surface area (Å²) < 4.78 is 14.8. The lowest BCUT2D eigenvalue weighted by atomic mass is 10.1. The smallest absolute Gasteiger partial charge is 0.316 e. The van der Waals surface area contributed by atoms with Gasteiger partial charge in [-0.3, -0.25) is 19.1 Å². The predicted octanol–water partition coefficient (Wildman–Crippen LogP) is 2.00. The minimum atomic E-state index is -0.641. The zero-order valence-electron chi connectivity index (χ0n) is 16.0. The quantitative estimate of drug-likeness (QED) is 0.678. The van der Waals surface area contributed by atoms with Crippen LogP contribution in [0.1, 0.15) is 44.4 Å². The van der Waals surface area contributed by atoms with Crippen molar-refractivity contribution >= 4 is 11.0 Å². The van der Waals surface area contributed by atoms with Crippen LogP contribution in [0.4, 0.5) is 0 Å². The van der Waals surface area contributed by atoms with Gasteiger partial charge in [-0.25, -0.2) is 4.68 Å². The normalized spacial score (nSPS) is 20.9. The van der Waals surface area contributed by atoms with Crippen molar-refractivity contribution in [2.45, 2.75) is 44.4 Å². The van der Waals surface area contributed by atoms with Crippen LogP contribution in [0.2, 0.25) is 0 Å². The summed E-state index contributed by atoms with van der Waals surface area (Å²) in [6, 6.07) is 3.58. The van der Waals surface area contributed by atoms with Gasteiger partial charge >= 0.3 is 11.1 Å². The maximum absolute atomic E-state index is 12.7. The molecule has 3 aromatic rings. The van der Waals surface area contributed by atoms with E-state index in [1.54, 1.807) is 23.0 Å². The van der Waals surface area contributed by atoms with Gasteiger partial charge in [0.15, 0.2) is 6.23 Å². The van der Waals surface area contributed by atoms with Crippen LogP contribution in [0.15, 0.2) is 34.1 Å². The minimum absolute atomic E-state index is 0.0668. The van der Waals surface area contributed by atoms with Crippen LogP contribution in [-0.2, 0) is 9.47 Å². The van der Waals surface area contributed by atoms with Gasteiger partial charge < -0.3 is 14.5 Å². The van der Waals surface area contributed by atoms with Crippen molar-refractivity contribution in [1.29, 1.82) is 0 Å². The Labute approximate surface area is 166 Å². The second kappa shape index (κ2) is 7.57. The average molecular weight is 397 g/mol. The highest BCUT2D eigenvalue weighted by Gasteiger charge is 2.24. The Morgan fingerprint density at radius 2 is 1.90 bits per heavy atom. The molecule has 2 aliphatic rings. The predicted molar refractivity (Wildman–Crippen MR) is 106 cm³/mol. The van der Waals surface area contributed by atoms with Crippen LogP contribution < -0.4 is 11.1 Å². The maximum Gasteiger partial charge on any atom is 0.316 e. The van der Waals surface area contributed by atoms with Gasteiger partial charge in [-0.05, 0) is 44.2 Å². The lowest BCUT2D eigenvalue weighted by Crippen LogP contribution is -2.40. The van der Waals surface area contributed by atoms with Gasteiger partial charge in [0.05, 0.1) is 16.7 Å². The summed E-state index contributed by atoms with van der Waals surface area (Å²) in [5.74, 6) is 0. The summed E-state index contributed by atoms with van der Waals surface area (Å²) in [6.07, 6.45) is 7.62. The van der Waals surface area contributed by atoms with Crippen molar-refractivity contribution < 1.29 is 9.47 Å². The summed E-state index contributed by atoms with van der Waals surface area (Å²) >= 11 is 0. The van der Waals surface area contributed by atoms with E-state index in [1.165, 1.54) is 0 Å². The lowest BCUT2D eigenvalue weighted by molar-refractivity contribution is -0.0383. The number of aromatic amines is 1. The molecular formula is C20H23N5O4. The number of hydrogen-bond donors (Lipinski definition) is 1. The van der Waals surface area contributed by atoms with Crippen molar-refractivity contribution in [3.63, 3.8) is 0 Å². The van der Waals surface area contributed by atoms with E-state index >= 15 is 0 Å². The maximum atomic E-state index is 12.7. The molecule has 0 saturated carbocycles. The molecule has 5 heterocycles. The second-order valence-corrected chi connectivity index (χ2v) is 7.51. The highest BCUT2D eigenvalue weighted by molar-refractivity contribution is 5.88. The second-order valence-electron chi connectivity index (χ2n) is 7.51. The first kappa shape index (κ1) is 18.3. The zero-order valence-corrected chi connectivity index (χ0v) is 16.0. The van der Waals surface area contributed by atoms with Gasteiger partial charge in [-0.15, -0.1) is 0 Å². The Morgan fingerprint density at radius 1 is 1.03 bits per heavy atom. The lowest BCUT2D eigenvalue weighted by Gasteiger charge is -2.26. The van der Waals surface area contributed by atoms with Gasteiger partial charge in [0.2, 0.25) is 0 Å². The largest absolute Gasteiger partial charge is 0.381 e. The number of H-pyrrole nitrogens is 1. The van der Waals surface area contributed by atoms with E-state index in [4.69, 9.17) is 9.47 Å². The molecule has 1 N–H and O–H groups in total. The van der Waals surface area contributed by atoms with E-state index in [0.717, 1.165) is 25.0 Å². The van der Waals surface area contributed by atoms with Crippen LogP contribution in [0.5, 0.6) is 0 Å². The summed E-state index contributed by atoms with van der Waals surface area (Å²) in [7, 11) is 0. The van der Waals surface area contributed by atoms with Crippen molar-refractivity contribution in [3.05, 3.63) is 45.2 Å². The first-order valence-corrected chi connectivity index (χ1v) is 10.1. The zero-order chi connectivity index (χ0) is 19.8. The molecular weight excluding hydrogens is 374 g/mol. The molecule has 1 atom stereocenters. The number of fused-ring (bicyclic) bond motifs is 1. The summed E-state index contributed by atoms with van der Waals surface area (Å²) in [5, 5.41) is 4.45. The van der Waals surface area contributed by atoms with Gasteiger partial charge in [0.1, 0.15) is 5.69 Å². The van der Waals surface area contributed by atoms with Crippen molar-refractivity contribution in [3.8, 4) is 11.4 Å². The molecule has 0 bridgehead atoms. The molecule has 1 unspecified atom stereocenters. The highest BCUT2D eigenvalue weighted by Crippen LogP contribution is 2.31. The summed E-state index contributed by atoms with van der Waals surface area (Å²) in [4.78, 5) is 32.5. The van der Waals surface area contributed by atoms with Crippen molar-refractivity contribution in [1.82, 2.24) is 24.3 Å². The van der Waals surface area contributed by atoms with E-state index in [1.807, 2.05) is 10.7 Å². The number of rotatable bonds is 3. The summed E-state index contributed by atoms with van der Waals surface area (Å²) in [5.41, 5.74) is 1.39. The molecule has 9 heteroatoms. The van der Waals surface area contributed by atoms with Gasteiger partial charge in [-0.2, -0.15) is 5.10 Å². The molecule has 0 aromatic carbocycles. The van der Waals surface area contributed by atoms with E-state index in [9.17, 15) is 9.59 Å². The summed E-state index contributed by atoms with van der Waals surface area (Å²) in [6.45, 7) is 1.86. The van der Waals surface area contributed by atoms with Crippen molar-refractivity contribution in [2.24, 2.45) is 0 Å². The first-order chi connectivity index (χ1) is 14.2. The Balaban J connectivity index is 1.69. The average Bonchev–Trinajstić information content (AvgIpc) is 3.25. The standard InChI is InChI=1S/C20H23N5O4/c26-19-20(27)24(13-6-11-28-12-7-13)14-4-8-21-17(18(14)23-19)15-5-9-22-25(15)16-3-1-2-10-29-16/h4-5,8-9,13,16H,1-3,6-7,10-12H2,(H,23,26). The van der Waals surface area contributed by atoms with Crippen LogP contribution >= 0.6 is 0 Å². The van der Waals surface area contributed by atoms with Gasteiger partial charge in [0, 0.05) is 38.3 Å². The van der Waals surface area contributed by atoms with Crippen molar-refractivity contribution in [2.75, 3.05) is 19.8 Å². The molecule has 5 rings (SSSR count). The molecule has 152 valence electrons. The Morgan fingerprint density at radius 3 is 2.69 bits per heavy atom. The topological polar surface area (TPSA) is 104 Å². The first-order valence-electron chi connectivity index (χ1n) is 10.1. The van der Waals surface area contributed by atoms with E-state index in [0.29, 0.717) is 49.4 Å². The Bertz CT molecular complexity index is 1140. The fourth-order valence-electron chi connectivity index (χ4n) is 4.31. The molecule has 0 aliphatic carbocycles. The van der Waals surface area contributed by atoms with E-state index in [-0.39, 0.29) is 12.3 Å². The Hall–Kier alpha value is -2.78. The molecule has 0 spiro atoms. The molecule has 0 amide bonds. The molecule has 0 radical (unpaired) electrons. The Kier molecular flexibility index (Phi) is 4.76. The fraction of sp³-hybridized carbons (Fsp3) is 0.500. The third-order valence-electron chi connectivity index (χ3n) is 5.74. The molecule has 3 aromatic heterocycles. The number of nitrogens with one attached hydrogen (secondary N) is 1. The van der Waals surface area contributed by atoms with Crippen LogP contribution in [0.3, 0.4) is 0 Å². The number of nitrogens with zero attached hydrogens (tertiary/aromatic N) is 4. The number of ether oxygens (including phenoxy) is 2. The SMILES string of the molecule is O=c1[nH]c2c(-c3ccnn3C3CCCCO3)nccc2n(C2CCOCC2)c1=O. The molecule has 29 heavy (non-hydrogen) atoms. The third-order valence-corrected chi connectivity index (χ3v) is 5.74. The van der Waals surface area contributed by atoms with Crippen LogP contribution in [-0.4, -0.2) is 44.1 Å². The molecule has 9 nitrogen and oxygen atoms in total. The molecule has 2 saturated heterocycles. The van der Waals surface area contributed by atoms with Gasteiger partial charge in [-0.1, -0.05) is 0 Å². The van der Waals surface area contributed by atoms with Crippen LogP contribution in [0.25, 0.3) is 22.4 Å². The third kappa shape index (κ3) is 3.20.